The third-order valence-electron chi connectivity index (χ3n) is 7.08. The lowest BCUT2D eigenvalue weighted by Crippen LogP contribution is -2.41. The summed E-state index contributed by atoms with van der Waals surface area (Å²) in [7, 11) is 9.04. The molecule has 3 atom stereocenters. The van der Waals surface area contributed by atoms with E-state index in [9.17, 15) is 0 Å². The first kappa shape index (κ1) is 22.3. The van der Waals surface area contributed by atoms with Crippen LogP contribution in [-0.4, -0.2) is 46.4 Å². The SMILES string of the molecule is COc1cc(OC)c2c(c1)[C@H](c1ccc(OC)c3c(OC)cc(C)cc13)[C@H](C)N(C)[C@@H]2C. The normalized spacial score (nSPS) is 20.7. The van der Waals surface area contributed by atoms with Gasteiger partial charge in [-0.15, -0.1) is 0 Å². The molecular formula is C27H33NO4. The largest absolute Gasteiger partial charge is 0.497 e. The van der Waals surface area contributed by atoms with Gasteiger partial charge in [0.2, 0.25) is 0 Å². The van der Waals surface area contributed by atoms with Crippen molar-refractivity contribution in [2.75, 3.05) is 35.5 Å². The van der Waals surface area contributed by atoms with Gasteiger partial charge >= 0.3 is 0 Å². The van der Waals surface area contributed by atoms with Gasteiger partial charge < -0.3 is 18.9 Å². The van der Waals surface area contributed by atoms with Crippen LogP contribution in [0.25, 0.3) is 10.8 Å². The summed E-state index contributed by atoms with van der Waals surface area (Å²) >= 11 is 0. The summed E-state index contributed by atoms with van der Waals surface area (Å²) in [6, 6.07) is 13.2. The second-order valence-electron chi connectivity index (χ2n) is 8.64. The first-order chi connectivity index (χ1) is 15.4. The van der Waals surface area contributed by atoms with E-state index in [4.69, 9.17) is 18.9 Å². The van der Waals surface area contributed by atoms with Crippen LogP contribution in [-0.2, 0) is 0 Å². The fourth-order valence-electron chi connectivity index (χ4n) is 5.27. The molecule has 3 aromatic carbocycles. The summed E-state index contributed by atoms with van der Waals surface area (Å²) in [6.07, 6.45) is 0. The molecule has 0 aliphatic carbocycles. The lowest BCUT2D eigenvalue weighted by atomic mass is 9.75. The summed E-state index contributed by atoms with van der Waals surface area (Å²) in [5, 5.41) is 2.15. The Bertz CT molecular complexity index is 1160. The first-order valence-corrected chi connectivity index (χ1v) is 11.0. The van der Waals surface area contributed by atoms with Gasteiger partial charge in [0.05, 0.1) is 33.8 Å². The number of fused-ring (bicyclic) bond motifs is 2. The number of methoxy groups -OCH3 is 4. The third-order valence-corrected chi connectivity index (χ3v) is 7.08. The van der Waals surface area contributed by atoms with Gasteiger partial charge in [-0.05, 0) is 68.1 Å². The van der Waals surface area contributed by atoms with E-state index in [-0.39, 0.29) is 18.0 Å². The molecule has 0 aromatic heterocycles. The maximum absolute atomic E-state index is 5.83. The molecule has 170 valence electrons. The maximum atomic E-state index is 5.83. The molecule has 1 aliphatic rings. The zero-order valence-corrected chi connectivity index (χ0v) is 20.3. The summed E-state index contributed by atoms with van der Waals surface area (Å²) in [5.41, 5.74) is 4.84. The number of aryl methyl sites for hydroxylation is 1. The van der Waals surface area contributed by atoms with Gasteiger partial charge in [-0.1, -0.05) is 12.1 Å². The van der Waals surface area contributed by atoms with Gasteiger partial charge in [0.1, 0.15) is 23.0 Å². The van der Waals surface area contributed by atoms with E-state index < -0.39 is 0 Å². The van der Waals surface area contributed by atoms with Crippen LogP contribution in [0.3, 0.4) is 0 Å². The van der Waals surface area contributed by atoms with E-state index in [1.54, 1.807) is 28.4 Å². The molecule has 0 saturated heterocycles. The van der Waals surface area contributed by atoms with Crippen LogP contribution < -0.4 is 18.9 Å². The van der Waals surface area contributed by atoms with Crippen LogP contribution in [0.2, 0.25) is 0 Å². The highest BCUT2D eigenvalue weighted by Gasteiger charge is 2.38. The number of nitrogens with zero attached hydrogens (tertiary/aromatic N) is 1. The summed E-state index contributed by atoms with van der Waals surface area (Å²) < 4.78 is 23.0. The van der Waals surface area contributed by atoms with Crippen molar-refractivity contribution >= 4 is 10.8 Å². The van der Waals surface area contributed by atoms with Crippen molar-refractivity contribution in [3.05, 3.63) is 58.7 Å². The first-order valence-electron chi connectivity index (χ1n) is 11.0. The summed E-state index contributed by atoms with van der Waals surface area (Å²) in [6.45, 7) is 6.63. The minimum atomic E-state index is 0.120. The van der Waals surface area contributed by atoms with E-state index in [0.29, 0.717) is 0 Å². The second-order valence-corrected chi connectivity index (χ2v) is 8.64. The van der Waals surface area contributed by atoms with E-state index in [1.165, 1.54) is 16.7 Å². The predicted octanol–water partition coefficient (Wildman–Crippen LogP) is 5.71. The number of hydrogen-bond donors (Lipinski definition) is 0. The van der Waals surface area contributed by atoms with Gasteiger partial charge in [-0.3, -0.25) is 4.90 Å². The maximum Gasteiger partial charge on any atom is 0.130 e. The molecule has 5 nitrogen and oxygen atoms in total. The molecule has 0 fully saturated rings. The highest BCUT2D eigenvalue weighted by Crippen LogP contribution is 2.50. The molecule has 0 unspecified atom stereocenters. The Morgan fingerprint density at radius 3 is 2.06 bits per heavy atom. The average molecular weight is 436 g/mol. The molecule has 5 heteroatoms. The Kier molecular flexibility index (Phi) is 5.95. The lowest BCUT2D eigenvalue weighted by molar-refractivity contribution is 0.160. The molecule has 0 bridgehead atoms. The highest BCUT2D eigenvalue weighted by molar-refractivity contribution is 5.97. The second kappa shape index (κ2) is 8.55. The van der Waals surface area contributed by atoms with Crippen LogP contribution in [0.4, 0.5) is 0 Å². The Labute approximate surface area is 190 Å². The number of likely N-dealkylation sites (N-methyl/N-ethyl adjacent to an activating group) is 1. The lowest BCUT2D eigenvalue weighted by Gasteiger charge is -2.44. The monoisotopic (exact) mass is 435 g/mol. The van der Waals surface area contributed by atoms with Gasteiger partial charge in [-0.2, -0.15) is 0 Å². The van der Waals surface area contributed by atoms with E-state index >= 15 is 0 Å². The topological polar surface area (TPSA) is 40.2 Å². The summed E-state index contributed by atoms with van der Waals surface area (Å²) in [4.78, 5) is 2.42. The minimum absolute atomic E-state index is 0.120. The Morgan fingerprint density at radius 2 is 1.44 bits per heavy atom. The van der Waals surface area contributed by atoms with Crippen LogP contribution in [0.15, 0.2) is 36.4 Å². The molecule has 1 aliphatic heterocycles. The smallest absolute Gasteiger partial charge is 0.130 e. The Morgan fingerprint density at radius 1 is 0.750 bits per heavy atom. The minimum Gasteiger partial charge on any atom is -0.497 e. The van der Waals surface area contributed by atoms with Gasteiger partial charge in [0, 0.05) is 29.6 Å². The molecule has 32 heavy (non-hydrogen) atoms. The molecule has 3 aromatic rings. The van der Waals surface area contributed by atoms with Crippen LogP contribution >= 0.6 is 0 Å². The fraction of sp³-hybridized carbons (Fsp3) is 0.407. The highest BCUT2D eigenvalue weighted by atomic mass is 16.5. The van der Waals surface area contributed by atoms with Gasteiger partial charge in [0.25, 0.3) is 0 Å². The standard InChI is InChI=1S/C27H33NO4/c1-15-11-20-19(9-10-22(30-6)27(20)23(12-15)31-7)25-16(2)28(4)17(3)26-21(25)13-18(29-5)14-24(26)32-8/h9-14,16-17,25H,1-8H3/t16-,17+,25-/m0/s1. The molecule has 0 spiro atoms. The van der Waals surface area contributed by atoms with Crippen molar-refractivity contribution in [1.82, 2.24) is 4.90 Å². The van der Waals surface area contributed by atoms with Crippen molar-refractivity contribution in [1.29, 1.82) is 0 Å². The number of rotatable bonds is 5. The van der Waals surface area contributed by atoms with E-state index in [0.717, 1.165) is 39.3 Å². The van der Waals surface area contributed by atoms with Gasteiger partial charge in [0.15, 0.2) is 0 Å². The van der Waals surface area contributed by atoms with Gasteiger partial charge in [-0.25, -0.2) is 0 Å². The summed E-state index contributed by atoms with van der Waals surface area (Å²) in [5.74, 6) is 3.43. The Balaban J connectivity index is 2.08. The molecule has 1 heterocycles. The number of benzene rings is 3. The fourth-order valence-corrected chi connectivity index (χ4v) is 5.27. The quantitative estimate of drug-likeness (QED) is 0.513. The molecule has 0 amide bonds. The van der Waals surface area contributed by atoms with Crippen LogP contribution in [0, 0.1) is 6.92 Å². The average Bonchev–Trinajstić information content (AvgIpc) is 2.81. The van der Waals surface area contributed by atoms with Crippen molar-refractivity contribution in [2.24, 2.45) is 0 Å². The third kappa shape index (κ3) is 3.36. The van der Waals surface area contributed by atoms with Crippen LogP contribution in [0.5, 0.6) is 23.0 Å². The van der Waals surface area contributed by atoms with Crippen molar-refractivity contribution in [2.45, 2.75) is 38.8 Å². The van der Waals surface area contributed by atoms with Crippen molar-refractivity contribution < 1.29 is 18.9 Å². The van der Waals surface area contributed by atoms with Crippen molar-refractivity contribution in [3.63, 3.8) is 0 Å². The zero-order chi connectivity index (χ0) is 23.2. The van der Waals surface area contributed by atoms with E-state index in [2.05, 4.69) is 63.1 Å². The van der Waals surface area contributed by atoms with Crippen molar-refractivity contribution in [3.8, 4) is 23.0 Å². The molecule has 0 N–H and O–H groups in total. The number of ether oxygens (including phenoxy) is 4. The molecule has 4 rings (SSSR count). The zero-order valence-electron chi connectivity index (χ0n) is 20.3. The molecule has 0 saturated carbocycles. The number of hydrogen-bond acceptors (Lipinski definition) is 5. The Hall–Kier alpha value is -2.92. The van der Waals surface area contributed by atoms with Crippen LogP contribution in [0.1, 0.15) is 48.1 Å². The van der Waals surface area contributed by atoms with E-state index in [1.807, 2.05) is 6.07 Å². The molecule has 0 radical (unpaired) electrons. The predicted molar refractivity (Wildman–Crippen MR) is 129 cm³/mol. The molecular weight excluding hydrogens is 402 g/mol.